The summed E-state index contributed by atoms with van der Waals surface area (Å²) in [4.78, 5) is 28.4. The molecule has 0 aliphatic heterocycles. The Morgan fingerprint density at radius 1 is 1.15 bits per heavy atom. The van der Waals surface area contributed by atoms with Crippen molar-refractivity contribution in [1.29, 1.82) is 0 Å². The van der Waals surface area contributed by atoms with Gasteiger partial charge >= 0.3 is 5.69 Å². The minimum Gasteiger partial charge on any atom is -0.502 e. The number of thiazole rings is 1. The molecule has 0 saturated carbocycles. The maximum atomic E-state index is 12.9. The number of nitrogens with zero attached hydrogens (tertiary/aromatic N) is 2. The number of allylic oxidation sites excluding steroid dienone is 1. The molecule has 1 heterocycles. The van der Waals surface area contributed by atoms with Crippen LogP contribution in [0, 0.1) is 10.1 Å². The molecule has 1 aliphatic rings. The number of nitro groups is 1. The van der Waals surface area contributed by atoms with Gasteiger partial charge in [-0.05, 0) is 30.5 Å². The number of aryl methyl sites for hydroxylation is 1. The number of ketones is 1. The quantitative estimate of drug-likeness (QED) is 0.407. The molecule has 1 aromatic heterocycles. The highest BCUT2D eigenvalue weighted by molar-refractivity contribution is 7.17. The molecule has 4 rings (SSSR count). The molecule has 0 fully saturated rings. The van der Waals surface area contributed by atoms with Crippen LogP contribution in [0.1, 0.15) is 27.3 Å². The van der Waals surface area contributed by atoms with Gasteiger partial charge in [-0.25, -0.2) is 4.98 Å². The second-order valence-electron chi connectivity index (χ2n) is 6.16. The van der Waals surface area contributed by atoms with E-state index in [-0.39, 0.29) is 11.5 Å². The van der Waals surface area contributed by atoms with Gasteiger partial charge in [0.05, 0.1) is 15.5 Å². The molecule has 2 aromatic carbocycles. The van der Waals surface area contributed by atoms with Gasteiger partial charge in [0.25, 0.3) is 0 Å². The van der Waals surface area contributed by atoms with Crippen molar-refractivity contribution in [3.8, 4) is 16.3 Å². The molecule has 134 valence electrons. The smallest absolute Gasteiger partial charge is 0.311 e. The zero-order valence-corrected chi connectivity index (χ0v) is 14.9. The van der Waals surface area contributed by atoms with E-state index in [0.717, 1.165) is 16.3 Å². The molecule has 0 amide bonds. The fraction of sp³-hybridized carbons (Fsp3) is 0.100. The van der Waals surface area contributed by atoms with E-state index in [2.05, 4.69) is 4.98 Å². The van der Waals surface area contributed by atoms with Gasteiger partial charge in [0.2, 0.25) is 5.78 Å². The highest BCUT2D eigenvalue weighted by Crippen LogP contribution is 2.35. The van der Waals surface area contributed by atoms with E-state index in [1.807, 2.05) is 30.3 Å². The Bertz CT molecular complexity index is 1090. The van der Waals surface area contributed by atoms with E-state index >= 15 is 0 Å². The van der Waals surface area contributed by atoms with Gasteiger partial charge in [-0.15, -0.1) is 11.3 Å². The molecule has 7 heteroatoms. The van der Waals surface area contributed by atoms with Crippen molar-refractivity contribution >= 4 is 28.9 Å². The summed E-state index contributed by atoms with van der Waals surface area (Å²) in [6.45, 7) is 0. The fourth-order valence-corrected chi connectivity index (χ4v) is 4.12. The molecule has 1 N–H and O–H groups in total. The number of nitro benzene ring substituents is 1. The van der Waals surface area contributed by atoms with Crippen LogP contribution in [0.3, 0.4) is 0 Å². The van der Waals surface area contributed by atoms with E-state index in [4.69, 9.17) is 0 Å². The number of rotatable bonds is 3. The first-order chi connectivity index (χ1) is 13.0. The minimum absolute atomic E-state index is 0.0911. The lowest BCUT2D eigenvalue weighted by molar-refractivity contribution is -0.385. The zero-order valence-electron chi connectivity index (χ0n) is 14.1. The van der Waals surface area contributed by atoms with Gasteiger partial charge in [-0.1, -0.05) is 36.4 Å². The van der Waals surface area contributed by atoms with Crippen LogP contribution in [-0.2, 0) is 6.42 Å². The van der Waals surface area contributed by atoms with E-state index in [1.54, 1.807) is 12.1 Å². The van der Waals surface area contributed by atoms with Gasteiger partial charge in [0.15, 0.2) is 5.75 Å². The standard InChI is InChI=1S/C20H14N2O4S/c23-17-9-6-12(11-16(17)22(25)26)10-14-7-8-15-19(18(14)24)27-20(21-15)13-4-2-1-3-5-13/h1-6,9-11,23H,7-8H2/b14-10-. The number of phenols is 1. The monoisotopic (exact) mass is 378 g/mol. The Morgan fingerprint density at radius 2 is 1.93 bits per heavy atom. The van der Waals surface area contributed by atoms with E-state index < -0.39 is 10.7 Å². The van der Waals surface area contributed by atoms with Crippen molar-refractivity contribution < 1.29 is 14.8 Å². The normalized spacial score (nSPS) is 15.0. The zero-order chi connectivity index (χ0) is 19.0. The van der Waals surface area contributed by atoms with Crippen LogP contribution in [0.25, 0.3) is 16.6 Å². The first-order valence-corrected chi connectivity index (χ1v) is 9.12. The summed E-state index contributed by atoms with van der Waals surface area (Å²) in [7, 11) is 0. The van der Waals surface area contributed by atoms with E-state index in [9.17, 15) is 20.0 Å². The molecular formula is C20H14N2O4S. The molecule has 0 atom stereocenters. The molecule has 0 spiro atoms. The summed E-state index contributed by atoms with van der Waals surface area (Å²) in [5.41, 5.74) is 2.50. The maximum Gasteiger partial charge on any atom is 0.311 e. The second-order valence-corrected chi connectivity index (χ2v) is 7.16. The molecule has 27 heavy (non-hydrogen) atoms. The van der Waals surface area contributed by atoms with Crippen molar-refractivity contribution in [2.24, 2.45) is 0 Å². The Hall–Kier alpha value is -3.32. The molecule has 3 aromatic rings. The largest absolute Gasteiger partial charge is 0.502 e. The Balaban J connectivity index is 1.68. The lowest BCUT2D eigenvalue weighted by atomic mass is 9.94. The summed E-state index contributed by atoms with van der Waals surface area (Å²) in [5.74, 6) is -0.485. The molecule has 0 radical (unpaired) electrons. The Kier molecular flexibility index (Phi) is 4.29. The topological polar surface area (TPSA) is 93.3 Å². The van der Waals surface area contributed by atoms with Gasteiger partial charge < -0.3 is 5.11 Å². The number of aromatic hydroxyl groups is 1. The van der Waals surface area contributed by atoms with Crippen molar-refractivity contribution in [2.45, 2.75) is 12.8 Å². The van der Waals surface area contributed by atoms with Crippen LogP contribution < -0.4 is 0 Å². The maximum absolute atomic E-state index is 12.9. The average molecular weight is 378 g/mol. The van der Waals surface area contributed by atoms with Crippen molar-refractivity contribution in [2.75, 3.05) is 0 Å². The average Bonchev–Trinajstić information content (AvgIpc) is 3.11. The molecular weight excluding hydrogens is 364 g/mol. The van der Waals surface area contributed by atoms with Crippen molar-refractivity contribution in [3.05, 3.63) is 80.4 Å². The van der Waals surface area contributed by atoms with Gasteiger partial charge in [-0.2, -0.15) is 0 Å². The summed E-state index contributed by atoms with van der Waals surface area (Å²) in [5, 5.41) is 21.4. The number of fused-ring (bicyclic) bond motifs is 1. The molecule has 0 saturated heterocycles. The first-order valence-electron chi connectivity index (χ1n) is 8.31. The predicted octanol–water partition coefficient (Wildman–Crippen LogP) is 4.64. The van der Waals surface area contributed by atoms with Gasteiger partial charge in [0.1, 0.15) is 5.01 Å². The van der Waals surface area contributed by atoms with Crippen LogP contribution in [0.4, 0.5) is 5.69 Å². The number of carbonyl (C=O) groups excluding carboxylic acids is 1. The first kappa shape index (κ1) is 17.1. The Morgan fingerprint density at radius 3 is 2.67 bits per heavy atom. The predicted molar refractivity (Wildman–Crippen MR) is 103 cm³/mol. The van der Waals surface area contributed by atoms with Crippen LogP contribution >= 0.6 is 11.3 Å². The number of aromatic nitrogens is 1. The molecule has 0 bridgehead atoms. The van der Waals surface area contributed by atoms with E-state index in [1.165, 1.54) is 23.5 Å². The van der Waals surface area contributed by atoms with Crippen LogP contribution in [0.2, 0.25) is 0 Å². The lowest BCUT2D eigenvalue weighted by Crippen LogP contribution is -2.12. The van der Waals surface area contributed by atoms with Crippen molar-refractivity contribution in [1.82, 2.24) is 4.98 Å². The van der Waals surface area contributed by atoms with Crippen molar-refractivity contribution in [3.63, 3.8) is 0 Å². The number of benzene rings is 2. The fourth-order valence-electron chi connectivity index (χ4n) is 3.03. The Labute approximate surface area is 158 Å². The number of hydrogen-bond acceptors (Lipinski definition) is 6. The highest BCUT2D eigenvalue weighted by Gasteiger charge is 2.26. The number of hydrogen-bond donors (Lipinski definition) is 1. The third kappa shape index (κ3) is 3.24. The van der Waals surface area contributed by atoms with Gasteiger partial charge in [-0.3, -0.25) is 14.9 Å². The van der Waals surface area contributed by atoms with Crippen LogP contribution in [-0.4, -0.2) is 20.8 Å². The third-order valence-electron chi connectivity index (χ3n) is 4.38. The number of phenolic OH excluding ortho intramolecular Hbond substituents is 1. The minimum atomic E-state index is -0.645. The van der Waals surface area contributed by atoms with Gasteiger partial charge in [0, 0.05) is 17.2 Å². The molecule has 0 unspecified atom stereocenters. The third-order valence-corrected chi connectivity index (χ3v) is 5.53. The number of carbonyl (C=O) groups is 1. The SMILES string of the molecule is O=C1/C(=C\c2ccc(O)c([N+](=O)[O-])c2)CCc2nc(-c3ccccc3)sc21. The van der Waals surface area contributed by atoms with Crippen LogP contribution in [0.15, 0.2) is 54.1 Å². The second kappa shape index (κ2) is 6.77. The van der Waals surface area contributed by atoms with E-state index in [0.29, 0.717) is 28.9 Å². The molecule has 1 aliphatic carbocycles. The summed E-state index contributed by atoms with van der Waals surface area (Å²) in [6.07, 6.45) is 2.83. The van der Waals surface area contributed by atoms with Crippen LogP contribution in [0.5, 0.6) is 5.75 Å². The molecule has 6 nitrogen and oxygen atoms in total. The summed E-state index contributed by atoms with van der Waals surface area (Å²) >= 11 is 1.37. The lowest BCUT2D eigenvalue weighted by Gasteiger charge is -2.12. The summed E-state index contributed by atoms with van der Waals surface area (Å²) < 4.78 is 0. The highest BCUT2D eigenvalue weighted by atomic mass is 32.1. The number of Topliss-reactive ketones (excluding diaryl/α,β-unsaturated/α-hetero) is 1. The summed E-state index contributed by atoms with van der Waals surface area (Å²) in [6, 6.07) is 13.8.